The fourth-order valence-corrected chi connectivity index (χ4v) is 5.35. The lowest BCUT2D eigenvalue weighted by atomic mass is 9.89. The average Bonchev–Trinajstić information content (AvgIpc) is 3.14. The van der Waals surface area contributed by atoms with Gasteiger partial charge in [0.2, 0.25) is 0 Å². The molecule has 5 atom stereocenters. The molecule has 1 aromatic carbocycles. The first kappa shape index (κ1) is 24.5. The molecule has 2 N–H and O–H groups in total. The number of hydrogen-bond acceptors (Lipinski definition) is 7. The van der Waals surface area contributed by atoms with E-state index in [9.17, 15) is 14.6 Å². The van der Waals surface area contributed by atoms with Gasteiger partial charge in [-0.3, -0.25) is 13.6 Å². The van der Waals surface area contributed by atoms with Gasteiger partial charge in [-0.2, -0.15) is 0 Å². The van der Waals surface area contributed by atoms with Crippen molar-refractivity contribution in [2.24, 2.45) is 0 Å². The number of hydrogen-bond donors (Lipinski definition) is 2. The van der Waals surface area contributed by atoms with Gasteiger partial charge >= 0.3 is 0 Å². The third kappa shape index (κ3) is 6.42. The van der Waals surface area contributed by atoms with Gasteiger partial charge in [0.15, 0.2) is 18.2 Å². The van der Waals surface area contributed by atoms with E-state index in [2.05, 4.69) is 0 Å². The van der Waals surface area contributed by atoms with E-state index < -0.39 is 13.9 Å². The largest absolute Gasteiger partial charge is 0.756 e. The highest BCUT2D eigenvalue weighted by Crippen LogP contribution is 2.39. The number of quaternary nitrogens is 1. The Balaban J connectivity index is 1.66. The van der Waals surface area contributed by atoms with Crippen molar-refractivity contribution in [1.29, 1.82) is 0 Å². The Bertz CT molecular complexity index is 772. The van der Waals surface area contributed by atoms with Crippen LogP contribution in [0.2, 0.25) is 0 Å². The first-order chi connectivity index (χ1) is 14.8. The number of nitrogens with zero attached hydrogens (tertiary/aromatic N) is 1. The van der Waals surface area contributed by atoms with Crippen LogP contribution in [0.4, 0.5) is 0 Å². The van der Waals surface area contributed by atoms with Crippen LogP contribution in [0.1, 0.15) is 37.7 Å². The molecular formula is C21H34NO8P. The zero-order valence-electron chi connectivity index (χ0n) is 18.3. The summed E-state index contributed by atoms with van der Waals surface area (Å²) in [7, 11) is -1.63. The Morgan fingerprint density at radius 2 is 1.90 bits per heavy atom. The number of rotatable bonds is 10. The Labute approximate surface area is 183 Å². The third-order valence-electron chi connectivity index (χ3n) is 6.50. The summed E-state index contributed by atoms with van der Waals surface area (Å²) < 4.78 is 33.3. The number of aliphatic hydroxyl groups is 1. The van der Waals surface area contributed by atoms with Gasteiger partial charge in [0.1, 0.15) is 24.8 Å². The molecule has 10 heteroatoms. The van der Waals surface area contributed by atoms with Gasteiger partial charge in [-0.15, -0.1) is 0 Å². The van der Waals surface area contributed by atoms with Crippen LogP contribution >= 0.6 is 7.82 Å². The number of ether oxygens (including phenoxy) is 3. The minimum atomic E-state index is -4.84. The standard InChI is InChI=1S/C21H34NO8P/c1-27-20-8-7-16(13-21(20)28-2)10-12-29-19-6-4-3-5-18(19)22(11-9-17(23)14-22)15-30-31(24,25)26/h7-8,13,17-19,23H,3-6,9-12,14-15H2,1-2H3,(H-,24,25,26)/t17-,18+,19+,22+/m1/s1. The Hall–Kier alpha value is -1.19. The molecule has 1 unspecified atom stereocenters. The zero-order chi connectivity index (χ0) is 22.5. The molecule has 31 heavy (non-hydrogen) atoms. The van der Waals surface area contributed by atoms with Crippen molar-refractivity contribution in [2.45, 2.75) is 56.8 Å². The Morgan fingerprint density at radius 3 is 2.55 bits per heavy atom. The summed E-state index contributed by atoms with van der Waals surface area (Å²) in [5, 5.41) is 10.2. The van der Waals surface area contributed by atoms with E-state index in [1.807, 2.05) is 18.2 Å². The summed E-state index contributed by atoms with van der Waals surface area (Å²) in [6.45, 7) is 1.34. The molecule has 0 radical (unpaired) electrons. The number of benzene rings is 1. The maximum absolute atomic E-state index is 11.2. The van der Waals surface area contributed by atoms with Crippen LogP contribution in [0.15, 0.2) is 18.2 Å². The summed E-state index contributed by atoms with van der Waals surface area (Å²) in [5.74, 6) is 1.35. The molecule has 1 aliphatic heterocycles. The Morgan fingerprint density at radius 1 is 1.16 bits per heavy atom. The topological polar surface area (TPSA) is 118 Å². The van der Waals surface area contributed by atoms with Crippen molar-refractivity contribution in [2.75, 3.05) is 40.6 Å². The van der Waals surface area contributed by atoms with Crippen LogP contribution in [0, 0.1) is 0 Å². The van der Waals surface area contributed by atoms with Gasteiger partial charge in [0.25, 0.3) is 7.82 Å². The van der Waals surface area contributed by atoms with Crippen molar-refractivity contribution in [3.8, 4) is 11.5 Å². The fourth-order valence-electron chi connectivity index (χ4n) is 4.97. The van der Waals surface area contributed by atoms with E-state index in [0.29, 0.717) is 48.5 Å². The normalized spacial score (nSPS) is 30.7. The molecule has 1 heterocycles. The molecule has 9 nitrogen and oxygen atoms in total. The molecule has 0 spiro atoms. The van der Waals surface area contributed by atoms with Crippen molar-refractivity contribution < 1.29 is 42.7 Å². The molecule has 2 fully saturated rings. The lowest BCUT2D eigenvalue weighted by Gasteiger charge is -2.46. The van der Waals surface area contributed by atoms with Crippen molar-refractivity contribution >= 4 is 7.82 Å². The predicted molar refractivity (Wildman–Crippen MR) is 112 cm³/mol. The third-order valence-corrected chi connectivity index (χ3v) is 6.94. The van der Waals surface area contributed by atoms with Crippen LogP contribution < -0.4 is 14.4 Å². The highest BCUT2D eigenvalue weighted by molar-refractivity contribution is 7.44. The van der Waals surface area contributed by atoms with E-state index in [0.717, 1.165) is 31.2 Å². The lowest BCUT2D eigenvalue weighted by molar-refractivity contribution is -0.960. The number of phosphoric acid groups is 1. The minimum Gasteiger partial charge on any atom is -0.756 e. The first-order valence-corrected chi connectivity index (χ1v) is 12.3. The van der Waals surface area contributed by atoms with Crippen LogP contribution in [-0.4, -0.2) is 73.4 Å². The van der Waals surface area contributed by atoms with Crippen LogP contribution in [-0.2, 0) is 20.2 Å². The number of aliphatic hydroxyl groups excluding tert-OH is 1. The average molecular weight is 459 g/mol. The van der Waals surface area contributed by atoms with Gasteiger partial charge in [-0.25, -0.2) is 0 Å². The molecule has 0 amide bonds. The van der Waals surface area contributed by atoms with Gasteiger partial charge in [0.05, 0.1) is 27.4 Å². The SMILES string of the molecule is COc1ccc(CCO[C@H]2CCCC[C@@H]2[N@@+]2(COP(=O)([O-])O)CC[C@@H](O)C2)cc1OC. The maximum atomic E-state index is 11.2. The van der Waals surface area contributed by atoms with Gasteiger partial charge in [-0.1, -0.05) is 12.5 Å². The molecular weight excluding hydrogens is 425 g/mol. The Kier molecular flexibility index (Phi) is 8.37. The molecule has 2 aliphatic rings. The number of methoxy groups -OCH3 is 2. The van der Waals surface area contributed by atoms with Crippen LogP contribution in [0.25, 0.3) is 0 Å². The van der Waals surface area contributed by atoms with Crippen molar-refractivity contribution in [3.05, 3.63) is 23.8 Å². The lowest BCUT2D eigenvalue weighted by Crippen LogP contribution is -2.61. The maximum Gasteiger partial charge on any atom is 0.269 e. The first-order valence-electron chi connectivity index (χ1n) is 10.8. The summed E-state index contributed by atoms with van der Waals surface area (Å²) in [5.41, 5.74) is 1.07. The highest BCUT2D eigenvalue weighted by Gasteiger charge is 2.48. The molecule has 1 saturated heterocycles. The van der Waals surface area contributed by atoms with Gasteiger partial charge < -0.3 is 29.1 Å². The molecule has 1 saturated carbocycles. The van der Waals surface area contributed by atoms with Crippen molar-refractivity contribution in [1.82, 2.24) is 0 Å². The van der Waals surface area contributed by atoms with E-state index in [1.54, 1.807) is 14.2 Å². The quantitative estimate of drug-likeness (QED) is 0.400. The molecule has 0 bridgehead atoms. The smallest absolute Gasteiger partial charge is 0.269 e. The van der Waals surface area contributed by atoms with E-state index in [-0.39, 0.29) is 18.9 Å². The van der Waals surface area contributed by atoms with E-state index in [1.165, 1.54) is 0 Å². The van der Waals surface area contributed by atoms with Gasteiger partial charge in [-0.05, 0) is 37.0 Å². The molecule has 176 valence electrons. The number of likely N-dealkylation sites (tertiary alicyclic amines) is 1. The second kappa shape index (κ2) is 10.6. The summed E-state index contributed by atoms with van der Waals surface area (Å²) in [4.78, 5) is 20.4. The summed E-state index contributed by atoms with van der Waals surface area (Å²) in [6, 6.07) is 5.81. The van der Waals surface area contributed by atoms with E-state index in [4.69, 9.17) is 23.6 Å². The highest BCUT2D eigenvalue weighted by atomic mass is 31.2. The monoisotopic (exact) mass is 459 g/mol. The summed E-state index contributed by atoms with van der Waals surface area (Å²) in [6.07, 6.45) is 4.51. The van der Waals surface area contributed by atoms with Gasteiger partial charge in [0, 0.05) is 12.8 Å². The predicted octanol–water partition coefficient (Wildman–Crippen LogP) is 1.59. The molecule has 1 aliphatic carbocycles. The van der Waals surface area contributed by atoms with Crippen molar-refractivity contribution in [3.63, 3.8) is 0 Å². The van der Waals surface area contributed by atoms with Crippen LogP contribution in [0.5, 0.6) is 11.5 Å². The second-order valence-electron chi connectivity index (χ2n) is 8.49. The molecule has 3 rings (SSSR count). The molecule has 1 aromatic rings. The number of phosphoric ester groups is 1. The van der Waals surface area contributed by atoms with E-state index >= 15 is 0 Å². The minimum absolute atomic E-state index is 0.0165. The zero-order valence-corrected chi connectivity index (χ0v) is 19.2. The van der Waals surface area contributed by atoms with Crippen LogP contribution in [0.3, 0.4) is 0 Å². The molecule has 0 aromatic heterocycles. The second-order valence-corrected chi connectivity index (χ2v) is 9.69. The fraction of sp³-hybridized carbons (Fsp3) is 0.714. The summed E-state index contributed by atoms with van der Waals surface area (Å²) >= 11 is 0.